The molecule has 0 spiro atoms. The van der Waals surface area contributed by atoms with Crippen molar-refractivity contribution < 1.29 is 4.79 Å². The lowest BCUT2D eigenvalue weighted by molar-refractivity contribution is -0.121. The predicted octanol–water partition coefficient (Wildman–Crippen LogP) is 0.592. The molecule has 0 radical (unpaired) electrons. The van der Waals surface area contributed by atoms with Gasteiger partial charge in [-0.15, -0.1) is 0 Å². The van der Waals surface area contributed by atoms with E-state index in [0.717, 1.165) is 17.3 Å². The Morgan fingerprint density at radius 3 is 3.00 bits per heavy atom. The van der Waals surface area contributed by atoms with Crippen molar-refractivity contribution in [2.24, 2.45) is 4.99 Å². The van der Waals surface area contributed by atoms with Gasteiger partial charge in [-0.05, 0) is 20.3 Å². The number of thioether (sulfide) groups is 1. The van der Waals surface area contributed by atoms with Gasteiger partial charge in [-0.25, -0.2) is 0 Å². The van der Waals surface area contributed by atoms with Crippen molar-refractivity contribution in [3.63, 3.8) is 0 Å². The number of amides is 1. The fourth-order valence-electron chi connectivity index (χ4n) is 1.17. The van der Waals surface area contributed by atoms with Gasteiger partial charge in [0.1, 0.15) is 6.04 Å². The highest BCUT2D eigenvalue weighted by Crippen LogP contribution is 2.15. The minimum Gasteiger partial charge on any atom is -0.357 e. The number of amidine groups is 1. The molecule has 14 heavy (non-hydrogen) atoms. The van der Waals surface area contributed by atoms with E-state index in [4.69, 9.17) is 0 Å². The van der Waals surface area contributed by atoms with Crippen LogP contribution in [0.5, 0.6) is 0 Å². The van der Waals surface area contributed by atoms with Gasteiger partial charge in [-0.3, -0.25) is 9.79 Å². The number of carbonyl (C=O) groups excluding carboxylic acids is 1. The molecule has 1 aliphatic heterocycles. The molecule has 80 valence electrons. The number of hydrogen-bond acceptors (Lipinski definition) is 4. The lowest BCUT2D eigenvalue weighted by atomic mass is 10.3. The van der Waals surface area contributed by atoms with Gasteiger partial charge in [0.15, 0.2) is 5.17 Å². The molecule has 2 atom stereocenters. The van der Waals surface area contributed by atoms with Crippen LogP contribution in [-0.2, 0) is 4.79 Å². The summed E-state index contributed by atoms with van der Waals surface area (Å²) in [6.45, 7) is 3.92. The summed E-state index contributed by atoms with van der Waals surface area (Å²) >= 11 is 1.68. The first-order chi connectivity index (χ1) is 6.63. The third-order valence-corrected chi connectivity index (χ3v) is 3.03. The predicted molar refractivity (Wildman–Crippen MR) is 60.6 cm³/mol. The summed E-state index contributed by atoms with van der Waals surface area (Å²) in [6, 6.07) is 0.159. The fraction of sp³-hybridized carbons (Fsp3) is 0.778. The molecule has 0 saturated carbocycles. The van der Waals surface area contributed by atoms with E-state index in [1.807, 2.05) is 6.92 Å². The van der Waals surface area contributed by atoms with E-state index in [0.29, 0.717) is 6.04 Å². The Balaban J connectivity index is 2.47. The van der Waals surface area contributed by atoms with Crippen LogP contribution in [0.3, 0.4) is 0 Å². The Labute approximate surface area is 88.9 Å². The zero-order valence-corrected chi connectivity index (χ0v) is 9.65. The van der Waals surface area contributed by atoms with Crippen LogP contribution >= 0.6 is 11.8 Å². The van der Waals surface area contributed by atoms with Crippen molar-refractivity contribution >= 4 is 22.8 Å². The van der Waals surface area contributed by atoms with Crippen LogP contribution in [-0.4, -0.2) is 36.0 Å². The SMILES string of the molecule is CNC(=O)C(C)NC1=NC(C)CCS1. The number of hydrogen-bond donors (Lipinski definition) is 2. The molecule has 1 rings (SSSR count). The van der Waals surface area contributed by atoms with Gasteiger partial charge in [0.05, 0.1) is 6.04 Å². The Morgan fingerprint density at radius 2 is 2.43 bits per heavy atom. The van der Waals surface area contributed by atoms with E-state index in [1.54, 1.807) is 18.8 Å². The lowest BCUT2D eigenvalue weighted by Gasteiger charge is -2.20. The van der Waals surface area contributed by atoms with Gasteiger partial charge in [-0.2, -0.15) is 0 Å². The molecule has 2 unspecified atom stereocenters. The van der Waals surface area contributed by atoms with E-state index in [1.165, 1.54) is 0 Å². The highest BCUT2D eigenvalue weighted by Gasteiger charge is 2.16. The highest BCUT2D eigenvalue weighted by molar-refractivity contribution is 8.13. The first-order valence-electron chi connectivity index (χ1n) is 4.82. The maximum atomic E-state index is 11.2. The third-order valence-electron chi connectivity index (χ3n) is 2.09. The molecule has 0 saturated heterocycles. The summed E-state index contributed by atoms with van der Waals surface area (Å²) in [7, 11) is 1.64. The molecule has 0 aromatic heterocycles. The number of nitrogens with one attached hydrogen (secondary N) is 2. The number of carbonyl (C=O) groups is 1. The van der Waals surface area contributed by atoms with E-state index < -0.39 is 0 Å². The molecule has 0 aromatic rings. The Morgan fingerprint density at radius 1 is 1.71 bits per heavy atom. The van der Waals surface area contributed by atoms with Gasteiger partial charge < -0.3 is 10.6 Å². The van der Waals surface area contributed by atoms with Crippen molar-refractivity contribution in [1.82, 2.24) is 10.6 Å². The van der Waals surface area contributed by atoms with E-state index in [-0.39, 0.29) is 11.9 Å². The fourth-order valence-corrected chi connectivity index (χ4v) is 2.34. The zero-order valence-electron chi connectivity index (χ0n) is 8.83. The van der Waals surface area contributed by atoms with Crippen LogP contribution in [0.4, 0.5) is 0 Å². The van der Waals surface area contributed by atoms with Gasteiger partial charge >= 0.3 is 0 Å². The standard InChI is InChI=1S/C9H17N3OS/c1-6-4-5-14-9(11-6)12-7(2)8(13)10-3/h6-7H,4-5H2,1-3H3,(H,10,13)(H,11,12). The maximum Gasteiger partial charge on any atom is 0.242 e. The summed E-state index contributed by atoms with van der Waals surface area (Å²) in [5.41, 5.74) is 0. The zero-order chi connectivity index (χ0) is 10.6. The van der Waals surface area contributed by atoms with E-state index >= 15 is 0 Å². The summed E-state index contributed by atoms with van der Waals surface area (Å²) in [5, 5.41) is 6.59. The van der Waals surface area contributed by atoms with Crippen molar-refractivity contribution in [1.29, 1.82) is 0 Å². The second-order valence-corrected chi connectivity index (χ2v) is 4.48. The highest BCUT2D eigenvalue weighted by atomic mass is 32.2. The van der Waals surface area contributed by atoms with E-state index in [2.05, 4.69) is 22.5 Å². The minimum absolute atomic E-state index is 0.00785. The van der Waals surface area contributed by atoms with Crippen LogP contribution in [0.2, 0.25) is 0 Å². The molecule has 1 amide bonds. The van der Waals surface area contributed by atoms with Gasteiger partial charge in [-0.1, -0.05) is 11.8 Å². The molecule has 5 heteroatoms. The van der Waals surface area contributed by atoms with Crippen molar-refractivity contribution in [3.8, 4) is 0 Å². The smallest absolute Gasteiger partial charge is 0.242 e. The summed E-state index contributed by atoms with van der Waals surface area (Å²) < 4.78 is 0. The molecular weight excluding hydrogens is 198 g/mol. The van der Waals surface area contributed by atoms with Crippen molar-refractivity contribution in [2.45, 2.75) is 32.4 Å². The molecule has 1 heterocycles. The Hall–Kier alpha value is -0.710. The summed E-state index contributed by atoms with van der Waals surface area (Å²) in [6.07, 6.45) is 1.12. The van der Waals surface area contributed by atoms with Gasteiger partial charge in [0.25, 0.3) is 0 Å². The average molecular weight is 215 g/mol. The maximum absolute atomic E-state index is 11.2. The normalized spacial score (nSPS) is 23.6. The summed E-state index contributed by atoms with van der Waals surface area (Å²) in [4.78, 5) is 15.7. The molecule has 0 aliphatic carbocycles. The topological polar surface area (TPSA) is 53.5 Å². The second-order valence-electron chi connectivity index (χ2n) is 3.40. The Bertz CT molecular complexity index is 242. The molecule has 2 N–H and O–H groups in total. The summed E-state index contributed by atoms with van der Waals surface area (Å²) in [5.74, 6) is 1.07. The quantitative estimate of drug-likeness (QED) is 0.709. The van der Waals surface area contributed by atoms with Crippen LogP contribution < -0.4 is 10.6 Å². The van der Waals surface area contributed by atoms with Crippen LogP contribution in [0.15, 0.2) is 4.99 Å². The van der Waals surface area contributed by atoms with E-state index in [9.17, 15) is 4.79 Å². The molecule has 0 aromatic carbocycles. The molecule has 1 aliphatic rings. The Kier molecular flexibility index (Phi) is 4.25. The van der Waals surface area contributed by atoms with Crippen LogP contribution in [0, 0.1) is 0 Å². The lowest BCUT2D eigenvalue weighted by Crippen LogP contribution is -2.43. The molecule has 0 bridgehead atoms. The largest absolute Gasteiger partial charge is 0.357 e. The van der Waals surface area contributed by atoms with Crippen LogP contribution in [0.1, 0.15) is 20.3 Å². The first-order valence-corrected chi connectivity index (χ1v) is 5.80. The second kappa shape index (κ2) is 5.24. The minimum atomic E-state index is -0.212. The molecular formula is C9H17N3OS. The van der Waals surface area contributed by atoms with Gasteiger partial charge in [0.2, 0.25) is 5.91 Å². The average Bonchev–Trinajstić information content (AvgIpc) is 2.16. The monoisotopic (exact) mass is 215 g/mol. The molecule has 0 fully saturated rings. The first kappa shape index (κ1) is 11.4. The number of rotatable bonds is 2. The molecule has 4 nitrogen and oxygen atoms in total. The van der Waals surface area contributed by atoms with Crippen molar-refractivity contribution in [2.75, 3.05) is 12.8 Å². The van der Waals surface area contributed by atoms with Crippen molar-refractivity contribution in [3.05, 3.63) is 0 Å². The third kappa shape index (κ3) is 3.21. The van der Waals surface area contributed by atoms with Crippen LogP contribution in [0.25, 0.3) is 0 Å². The number of likely N-dealkylation sites (N-methyl/N-ethyl adjacent to an activating group) is 1. The number of aliphatic imine (C=N–C) groups is 1. The number of nitrogens with zero attached hydrogens (tertiary/aromatic N) is 1. The van der Waals surface area contributed by atoms with Gasteiger partial charge in [0, 0.05) is 12.8 Å².